The van der Waals surface area contributed by atoms with Crippen LogP contribution in [0.1, 0.15) is 69.7 Å². The van der Waals surface area contributed by atoms with E-state index in [1.54, 1.807) is 0 Å². The molecule has 1 saturated carbocycles. The van der Waals surface area contributed by atoms with E-state index in [0.29, 0.717) is 18.7 Å². The van der Waals surface area contributed by atoms with Crippen molar-refractivity contribution >= 4 is 33.7 Å². The van der Waals surface area contributed by atoms with Crippen molar-refractivity contribution in [3.05, 3.63) is 45.7 Å². The normalized spacial score (nSPS) is 19.7. The zero-order valence-electron chi connectivity index (χ0n) is 24.7. The van der Waals surface area contributed by atoms with Crippen molar-refractivity contribution in [1.82, 2.24) is 30.1 Å². The van der Waals surface area contributed by atoms with Crippen LogP contribution < -0.4 is 20.1 Å². The second kappa shape index (κ2) is 13.1. The molecule has 0 spiro atoms. The lowest BCUT2D eigenvalue weighted by atomic mass is 9.94. The second-order valence-electron chi connectivity index (χ2n) is 12.0. The Balaban J connectivity index is 1.32. The Labute approximate surface area is 259 Å². The average Bonchev–Trinajstić information content (AvgIpc) is 3.45. The maximum Gasteiger partial charge on any atom is 0.394 e. The number of pyridine rings is 1. The lowest BCUT2D eigenvalue weighted by molar-refractivity contribution is -0.190. The molecule has 0 aromatic carbocycles. The first kappa shape index (κ1) is 33.7. The van der Waals surface area contributed by atoms with E-state index in [9.17, 15) is 26.4 Å². The lowest BCUT2D eigenvalue weighted by Crippen LogP contribution is -2.34. The van der Waals surface area contributed by atoms with Crippen molar-refractivity contribution < 1.29 is 31.1 Å². The highest BCUT2D eigenvalue weighted by atomic mass is 35.5. The quantitative estimate of drug-likeness (QED) is 0.129. The fourth-order valence-corrected chi connectivity index (χ4v) is 6.60. The number of hydrogen-bond donors (Lipinski definition) is 4. The van der Waals surface area contributed by atoms with Crippen LogP contribution in [-0.4, -0.2) is 66.7 Å². The number of hydrogen-bond acceptors (Lipinski definition) is 9. The summed E-state index contributed by atoms with van der Waals surface area (Å²) in [5, 5.41) is 18.0. The van der Waals surface area contributed by atoms with Crippen LogP contribution in [0.4, 0.5) is 13.2 Å². The third-order valence-electron chi connectivity index (χ3n) is 8.03. The highest BCUT2D eigenvalue weighted by Gasteiger charge is 2.62. The molecule has 1 atom stereocenters. The molecule has 3 heterocycles. The molecule has 0 radical (unpaired) electrons. The van der Waals surface area contributed by atoms with Gasteiger partial charge in [-0.05, 0) is 83.9 Å². The SMILES string of the molecule is C/C(NCCC[C@@H]1CNC(C)(C)C1)=C(/C=N)S(=O)(=O)NC(=O)c1ccc(-n2ccc(OCCC3(C(F)(F)F)CC3)n2)nc1Cl. The number of nitrogens with one attached hydrogen (secondary N) is 4. The molecular weight excluding hydrogens is 623 g/mol. The molecule has 2 aliphatic rings. The maximum absolute atomic E-state index is 13.1. The summed E-state index contributed by atoms with van der Waals surface area (Å²) < 4.78 is 73.8. The summed E-state index contributed by atoms with van der Waals surface area (Å²) in [4.78, 5) is 16.6. The topological polar surface area (TPSA) is 151 Å². The fraction of sp³-hybridized carbons (Fsp3) is 0.571. The van der Waals surface area contributed by atoms with Gasteiger partial charge in [0.25, 0.3) is 15.9 Å². The predicted octanol–water partition coefficient (Wildman–Crippen LogP) is 4.73. The van der Waals surface area contributed by atoms with Crippen LogP contribution >= 0.6 is 11.6 Å². The molecule has 1 amide bonds. The summed E-state index contributed by atoms with van der Waals surface area (Å²) in [6.45, 7) is 7.14. The first-order valence-corrected chi connectivity index (χ1v) is 16.1. The van der Waals surface area contributed by atoms with Crippen molar-refractivity contribution in [1.29, 1.82) is 5.41 Å². The van der Waals surface area contributed by atoms with Gasteiger partial charge in [0, 0.05) is 36.3 Å². The Morgan fingerprint density at radius 1 is 1.30 bits per heavy atom. The number of allylic oxidation sites excluding steroid dienone is 2. The minimum Gasteiger partial charge on any atom is -0.477 e. The second-order valence-corrected chi connectivity index (χ2v) is 14.0. The third-order valence-corrected chi connectivity index (χ3v) is 9.77. The molecule has 2 aromatic rings. The Kier molecular flexibility index (Phi) is 10.0. The summed E-state index contributed by atoms with van der Waals surface area (Å²) in [5.74, 6) is -0.250. The zero-order valence-corrected chi connectivity index (χ0v) is 26.3. The molecule has 2 fully saturated rings. The third kappa shape index (κ3) is 8.10. The van der Waals surface area contributed by atoms with Gasteiger partial charge >= 0.3 is 6.18 Å². The first-order valence-electron chi connectivity index (χ1n) is 14.3. The van der Waals surface area contributed by atoms with Gasteiger partial charge in [0.1, 0.15) is 10.1 Å². The number of carbonyl (C=O) groups is 1. The van der Waals surface area contributed by atoms with Crippen LogP contribution in [0.2, 0.25) is 5.15 Å². The van der Waals surface area contributed by atoms with E-state index < -0.39 is 27.5 Å². The van der Waals surface area contributed by atoms with Gasteiger partial charge in [0.05, 0.1) is 17.6 Å². The largest absolute Gasteiger partial charge is 0.477 e. The van der Waals surface area contributed by atoms with Gasteiger partial charge in [-0.1, -0.05) is 11.6 Å². The Bertz CT molecular complexity index is 1520. The number of ether oxygens (including phenoxy) is 1. The Morgan fingerprint density at radius 3 is 2.61 bits per heavy atom. The van der Waals surface area contributed by atoms with Crippen LogP contribution in [0.15, 0.2) is 35.0 Å². The van der Waals surface area contributed by atoms with Crippen LogP contribution in [-0.2, 0) is 10.0 Å². The summed E-state index contributed by atoms with van der Waals surface area (Å²) in [5.41, 5.74) is -1.56. The van der Waals surface area contributed by atoms with Gasteiger partial charge in [-0.2, -0.15) is 13.2 Å². The molecule has 1 aliphatic carbocycles. The highest BCUT2D eigenvalue weighted by Crippen LogP contribution is 2.59. The van der Waals surface area contributed by atoms with E-state index in [-0.39, 0.29) is 64.4 Å². The molecule has 1 saturated heterocycles. The standard InChI is InChI=1S/C28H37ClF3N7O4S/c1-18(34-12-4-5-19-15-26(2,3)35-17-19)21(16-33)44(41,42)38-25(40)20-6-7-22(36-24(20)29)39-13-8-23(37-39)43-14-11-27(9-10-27)28(30,31)32/h6-8,13,16,19,33-35H,4-5,9-12,14-15,17H2,1-3H3,(H,38,40)/b21-18+,33-16?/t19-/m0/s1. The van der Waals surface area contributed by atoms with Gasteiger partial charge < -0.3 is 20.8 Å². The summed E-state index contributed by atoms with van der Waals surface area (Å²) in [6.07, 6.45) is 0.717. The van der Waals surface area contributed by atoms with Gasteiger partial charge in [-0.15, -0.1) is 5.10 Å². The molecule has 4 N–H and O–H groups in total. The minimum absolute atomic E-state index is 0.0863. The number of nitrogens with zero attached hydrogens (tertiary/aromatic N) is 3. The van der Waals surface area contributed by atoms with E-state index in [0.717, 1.165) is 25.8 Å². The number of rotatable bonds is 14. The van der Waals surface area contributed by atoms with Crippen LogP contribution in [0.5, 0.6) is 5.88 Å². The molecule has 0 unspecified atom stereocenters. The van der Waals surface area contributed by atoms with Gasteiger partial charge in [0.2, 0.25) is 5.88 Å². The van der Waals surface area contributed by atoms with Crippen molar-refractivity contribution in [2.45, 2.75) is 71.0 Å². The lowest BCUT2D eigenvalue weighted by Gasteiger charge is -2.18. The van der Waals surface area contributed by atoms with E-state index in [1.807, 2.05) is 4.72 Å². The van der Waals surface area contributed by atoms with Crippen molar-refractivity contribution in [3.63, 3.8) is 0 Å². The van der Waals surface area contributed by atoms with Crippen molar-refractivity contribution in [2.75, 3.05) is 19.7 Å². The zero-order chi connectivity index (χ0) is 32.3. The number of sulfonamides is 1. The van der Waals surface area contributed by atoms with Crippen LogP contribution in [0.25, 0.3) is 5.82 Å². The minimum atomic E-state index is -4.41. The molecule has 2 aromatic heterocycles. The molecule has 242 valence electrons. The Morgan fingerprint density at radius 2 is 2.02 bits per heavy atom. The van der Waals surface area contributed by atoms with E-state index in [4.69, 9.17) is 21.7 Å². The average molecular weight is 660 g/mol. The monoisotopic (exact) mass is 659 g/mol. The number of amides is 1. The van der Waals surface area contributed by atoms with Crippen molar-refractivity contribution in [2.24, 2.45) is 11.3 Å². The molecular formula is C28H37ClF3N7O4S. The first-order chi connectivity index (χ1) is 20.6. The summed E-state index contributed by atoms with van der Waals surface area (Å²) >= 11 is 6.21. The highest BCUT2D eigenvalue weighted by molar-refractivity contribution is 7.94. The molecule has 16 heteroatoms. The number of alkyl halides is 3. The molecule has 11 nitrogen and oxygen atoms in total. The van der Waals surface area contributed by atoms with Gasteiger partial charge in [-0.3, -0.25) is 4.79 Å². The Hall–Kier alpha value is -3.17. The predicted molar refractivity (Wildman–Crippen MR) is 159 cm³/mol. The number of carbonyl (C=O) groups excluding carboxylic acids is 1. The molecule has 44 heavy (non-hydrogen) atoms. The summed E-state index contributed by atoms with van der Waals surface area (Å²) in [7, 11) is -4.41. The van der Waals surface area contributed by atoms with E-state index in [1.165, 1.54) is 36.0 Å². The maximum atomic E-state index is 13.1. The number of aromatic nitrogens is 3. The van der Waals surface area contributed by atoms with Gasteiger partial charge in [-0.25, -0.2) is 22.8 Å². The summed E-state index contributed by atoms with van der Waals surface area (Å²) in [6, 6.07) is 4.08. The van der Waals surface area contributed by atoms with E-state index in [2.05, 4.69) is 34.6 Å². The van der Waals surface area contributed by atoms with Crippen molar-refractivity contribution in [3.8, 4) is 11.7 Å². The molecule has 4 rings (SSSR count). The van der Waals surface area contributed by atoms with Crippen LogP contribution in [0.3, 0.4) is 0 Å². The molecule has 0 bridgehead atoms. The fourth-order valence-electron chi connectivity index (χ4n) is 5.27. The molecule has 1 aliphatic heterocycles. The van der Waals surface area contributed by atoms with Crippen LogP contribution in [0, 0.1) is 16.7 Å². The van der Waals surface area contributed by atoms with Gasteiger partial charge in [0.15, 0.2) is 5.82 Å². The number of halogens is 4. The smallest absolute Gasteiger partial charge is 0.394 e. The van der Waals surface area contributed by atoms with E-state index >= 15 is 0 Å².